The number of hydrogen-bond donors (Lipinski definition) is 1. The van der Waals surface area contributed by atoms with Gasteiger partial charge < -0.3 is 9.84 Å². The monoisotopic (exact) mass is 339 g/mol. The topological polar surface area (TPSA) is 42.4 Å². The molecule has 0 aliphatic heterocycles. The highest BCUT2D eigenvalue weighted by atomic mass is 35.5. The van der Waals surface area contributed by atoms with Crippen molar-refractivity contribution in [3.63, 3.8) is 0 Å². The van der Waals surface area contributed by atoms with E-state index in [1.807, 2.05) is 0 Å². The van der Waals surface area contributed by atoms with Crippen LogP contribution in [0, 0.1) is 0 Å². The number of hydrogen-bond acceptors (Lipinski definition) is 3. The molecule has 118 valence electrons. The molecule has 0 saturated carbocycles. The first-order valence-corrected chi connectivity index (χ1v) is 6.85. The molecule has 1 N–H and O–H groups in total. The first-order valence-electron chi connectivity index (χ1n) is 6.47. The number of benzene rings is 2. The summed E-state index contributed by atoms with van der Waals surface area (Å²) in [6.07, 6.45) is -4.57. The lowest BCUT2D eigenvalue weighted by atomic mass is 10.1. The number of fused-ring (bicyclic) bond motifs is 1. The van der Waals surface area contributed by atoms with Crippen molar-refractivity contribution in [3.05, 3.63) is 59.1 Å². The average Bonchev–Trinajstić information content (AvgIpc) is 2.48. The van der Waals surface area contributed by atoms with Crippen molar-refractivity contribution in [2.75, 3.05) is 0 Å². The van der Waals surface area contributed by atoms with Crippen LogP contribution < -0.4 is 4.74 Å². The number of phenolic OH excluding ortho intramolecular Hbond substituents is 1. The third-order valence-electron chi connectivity index (χ3n) is 3.11. The number of aromatic nitrogens is 1. The van der Waals surface area contributed by atoms with Gasteiger partial charge in [0.1, 0.15) is 11.5 Å². The zero-order valence-electron chi connectivity index (χ0n) is 11.4. The Labute approximate surface area is 133 Å². The van der Waals surface area contributed by atoms with Crippen molar-refractivity contribution < 1.29 is 23.0 Å². The van der Waals surface area contributed by atoms with Gasteiger partial charge in [-0.3, -0.25) is 0 Å². The van der Waals surface area contributed by atoms with Crippen molar-refractivity contribution in [2.24, 2.45) is 0 Å². The van der Waals surface area contributed by atoms with Crippen LogP contribution in [-0.2, 0) is 6.18 Å². The zero-order valence-corrected chi connectivity index (χ0v) is 12.2. The molecule has 0 saturated heterocycles. The van der Waals surface area contributed by atoms with E-state index in [4.69, 9.17) is 16.3 Å². The van der Waals surface area contributed by atoms with Crippen molar-refractivity contribution in [2.45, 2.75) is 6.18 Å². The first-order chi connectivity index (χ1) is 10.8. The molecule has 0 aliphatic rings. The van der Waals surface area contributed by atoms with E-state index in [2.05, 4.69) is 4.98 Å². The minimum atomic E-state index is -4.57. The van der Waals surface area contributed by atoms with Gasteiger partial charge in [0.15, 0.2) is 0 Å². The molecule has 0 amide bonds. The number of alkyl halides is 3. The molecule has 7 heteroatoms. The summed E-state index contributed by atoms with van der Waals surface area (Å²) in [6.45, 7) is 0. The Hall–Kier alpha value is -2.47. The van der Waals surface area contributed by atoms with Crippen molar-refractivity contribution in [1.29, 1.82) is 0 Å². The van der Waals surface area contributed by atoms with Gasteiger partial charge in [-0.25, -0.2) is 4.98 Å². The van der Waals surface area contributed by atoms with E-state index in [9.17, 15) is 18.3 Å². The van der Waals surface area contributed by atoms with Crippen LogP contribution in [0.2, 0.25) is 5.02 Å². The van der Waals surface area contributed by atoms with Gasteiger partial charge >= 0.3 is 6.18 Å². The Morgan fingerprint density at radius 1 is 1.00 bits per heavy atom. The van der Waals surface area contributed by atoms with Gasteiger partial charge in [0.05, 0.1) is 11.1 Å². The minimum Gasteiger partial charge on any atom is -0.508 e. The van der Waals surface area contributed by atoms with Crippen LogP contribution in [0.25, 0.3) is 10.9 Å². The van der Waals surface area contributed by atoms with Crippen molar-refractivity contribution >= 4 is 22.5 Å². The number of phenols is 1. The number of rotatable bonds is 2. The second-order valence-electron chi connectivity index (χ2n) is 4.76. The van der Waals surface area contributed by atoms with Crippen LogP contribution in [0.15, 0.2) is 48.5 Å². The van der Waals surface area contributed by atoms with Gasteiger partial charge in [0, 0.05) is 16.5 Å². The van der Waals surface area contributed by atoms with Gasteiger partial charge in [0.25, 0.3) is 0 Å². The molecule has 0 bridgehead atoms. The molecular formula is C16H9ClF3NO2. The Balaban J connectivity index is 2.11. The van der Waals surface area contributed by atoms with Crippen LogP contribution in [0.1, 0.15) is 5.56 Å². The Kier molecular flexibility index (Phi) is 3.77. The maximum Gasteiger partial charge on any atom is 0.417 e. The SMILES string of the molecule is Oc1ccc(Oc2cc(C(F)(F)F)c3cc(Cl)ccc3n2)cc1. The largest absolute Gasteiger partial charge is 0.508 e. The van der Waals surface area contributed by atoms with Crippen molar-refractivity contribution in [1.82, 2.24) is 4.98 Å². The minimum absolute atomic E-state index is 0.0226. The van der Waals surface area contributed by atoms with E-state index >= 15 is 0 Å². The maximum absolute atomic E-state index is 13.3. The molecule has 1 aromatic heterocycles. The molecule has 3 nitrogen and oxygen atoms in total. The van der Waals surface area contributed by atoms with Crippen LogP contribution in [0.3, 0.4) is 0 Å². The van der Waals surface area contributed by atoms with Gasteiger partial charge in [-0.05, 0) is 42.5 Å². The van der Waals surface area contributed by atoms with Crippen LogP contribution in [0.4, 0.5) is 13.2 Å². The normalized spacial score (nSPS) is 11.7. The summed E-state index contributed by atoms with van der Waals surface area (Å²) in [5.41, 5.74) is -0.753. The van der Waals surface area contributed by atoms with Crippen LogP contribution >= 0.6 is 11.6 Å². The predicted octanol–water partition coefficient (Wildman–Crippen LogP) is 5.40. The number of pyridine rings is 1. The number of aromatic hydroxyl groups is 1. The van der Waals surface area contributed by atoms with Gasteiger partial charge in [-0.1, -0.05) is 11.6 Å². The Bertz CT molecular complexity index is 864. The molecule has 0 aliphatic carbocycles. The highest BCUT2D eigenvalue weighted by Crippen LogP contribution is 2.38. The summed E-state index contributed by atoms with van der Waals surface area (Å²) in [4.78, 5) is 4.06. The van der Waals surface area contributed by atoms with Crippen molar-refractivity contribution in [3.8, 4) is 17.4 Å². The van der Waals surface area contributed by atoms with E-state index in [-0.39, 0.29) is 33.3 Å². The molecule has 2 aromatic carbocycles. The molecule has 0 unspecified atom stereocenters. The lowest BCUT2D eigenvalue weighted by molar-refractivity contribution is -0.136. The number of halogens is 4. The summed E-state index contributed by atoms with van der Waals surface area (Å²) in [6, 6.07) is 10.5. The average molecular weight is 340 g/mol. The van der Waals surface area contributed by atoms with Crippen LogP contribution in [-0.4, -0.2) is 10.1 Å². The quantitative estimate of drug-likeness (QED) is 0.679. The van der Waals surface area contributed by atoms with E-state index in [1.54, 1.807) is 0 Å². The first kappa shape index (κ1) is 15.4. The smallest absolute Gasteiger partial charge is 0.417 e. The molecule has 3 rings (SSSR count). The van der Waals surface area contributed by atoms with Gasteiger partial charge in [-0.2, -0.15) is 13.2 Å². The Morgan fingerprint density at radius 3 is 2.35 bits per heavy atom. The number of ether oxygens (including phenoxy) is 1. The van der Waals surface area contributed by atoms with Crippen LogP contribution in [0.5, 0.6) is 17.4 Å². The van der Waals surface area contributed by atoms with E-state index in [0.717, 1.165) is 6.07 Å². The van der Waals surface area contributed by atoms with E-state index < -0.39 is 11.7 Å². The highest BCUT2D eigenvalue weighted by molar-refractivity contribution is 6.31. The summed E-state index contributed by atoms with van der Waals surface area (Å²) < 4.78 is 45.1. The molecule has 0 fully saturated rings. The lowest BCUT2D eigenvalue weighted by Crippen LogP contribution is -2.07. The Morgan fingerprint density at radius 2 is 1.70 bits per heavy atom. The number of nitrogens with zero attached hydrogens (tertiary/aromatic N) is 1. The molecule has 3 aromatic rings. The third kappa shape index (κ3) is 3.32. The lowest BCUT2D eigenvalue weighted by Gasteiger charge is -2.13. The molecule has 0 atom stereocenters. The fraction of sp³-hybridized carbons (Fsp3) is 0.0625. The van der Waals surface area contributed by atoms with Gasteiger partial charge in [0.2, 0.25) is 5.88 Å². The summed E-state index contributed by atoms with van der Waals surface area (Å²) in [5, 5.41) is 9.31. The predicted molar refractivity (Wildman–Crippen MR) is 79.9 cm³/mol. The molecule has 1 heterocycles. The summed E-state index contributed by atoms with van der Waals surface area (Å²) in [7, 11) is 0. The second kappa shape index (κ2) is 5.62. The standard InChI is InChI=1S/C16H9ClF3NO2/c17-9-1-6-14-12(7-9)13(16(18,19)20)8-15(21-14)23-11-4-2-10(22)3-5-11/h1-8,22H. The second-order valence-corrected chi connectivity index (χ2v) is 5.20. The molecule has 0 spiro atoms. The molecular weight excluding hydrogens is 331 g/mol. The fourth-order valence-electron chi connectivity index (χ4n) is 2.10. The van der Waals surface area contributed by atoms with Gasteiger partial charge in [-0.15, -0.1) is 0 Å². The highest BCUT2D eigenvalue weighted by Gasteiger charge is 2.34. The van der Waals surface area contributed by atoms with E-state index in [1.165, 1.54) is 42.5 Å². The maximum atomic E-state index is 13.3. The summed E-state index contributed by atoms with van der Waals surface area (Å²) >= 11 is 5.78. The summed E-state index contributed by atoms with van der Waals surface area (Å²) in [5.74, 6) is 0.0871. The molecule has 0 radical (unpaired) electrons. The molecule has 23 heavy (non-hydrogen) atoms. The third-order valence-corrected chi connectivity index (χ3v) is 3.35. The van der Waals surface area contributed by atoms with E-state index in [0.29, 0.717) is 0 Å². The zero-order chi connectivity index (χ0) is 16.6. The fourth-order valence-corrected chi connectivity index (χ4v) is 2.27.